The van der Waals surface area contributed by atoms with E-state index < -0.39 is 0 Å². The maximum Gasteiger partial charge on any atom is 0.273 e. The third-order valence-corrected chi connectivity index (χ3v) is 5.37. The molecule has 0 radical (unpaired) electrons. The zero-order valence-electron chi connectivity index (χ0n) is 12.0. The van der Waals surface area contributed by atoms with Crippen molar-refractivity contribution >= 4 is 17.2 Å². The van der Waals surface area contributed by atoms with Crippen molar-refractivity contribution in [2.24, 2.45) is 5.41 Å². The van der Waals surface area contributed by atoms with Gasteiger partial charge in [-0.2, -0.15) is 0 Å². The molecule has 1 aromatic heterocycles. The second-order valence-corrected chi connectivity index (χ2v) is 5.92. The Labute approximate surface area is 118 Å². The van der Waals surface area contributed by atoms with Gasteiger partial charge >= 0.3 is 0 Å². The van der Waals surface area contributed by atoms with Gasteiger partial charge < -0.3 is 9.64 Å². The summed E-state index contributed by atoms with van der Waals surface area (Å²) in [6.07, 6.45) is 3.24. The van der Waals surface area contributed by atoms with E-state index in [4.69, 9.17) is 4.74 Å². The highest BCUT2D eigenvalue weighted by molar-refractivity contribution is 7.07. The fraction of sp³-hybridized carbons (Fsp3) is 0.714. The van der Waals surface area contributed by atoms with Crippen molar-refractivity contribution in [2.75, 3.05) is 14.2 Å². The molecule has 106 valence electrons. The summed E-state index contributed by atoms with van der Waals surface area (Å²) < 4.78 is 5.58. The summed E-state index contributed by atoms with van der Waals surface area (Å²) in [6, 6.07) is 0.252. The maximum atomic E-state index is 12.4. The number of hydrogen-bond donors (Lipinski definition) is 0. The largest absolute Gasteiger partial charge is 0.381 e. The number of thiazole rings is 1. The van der Waals surface area contributed by atoms with Crippen LogP contribution in [0.2, 0.25) is 0 Å². The van der Waals surface area contributed by atoms with Crippen LogP contribution in [0.15, 0.2) is 10.9 Å². The molecule has 0 saturated heterocycles. The molecule has 1 saturated carbocycles. The molecule has 4 nitrogen and oxygen atoms in total. The molecule has 1 aliphatic rings. The topological polar surface area (TPSA) is 42.4 Å². The minimum Gasteiger partial charge on any atom is -0.381 e. The number of carbonyl (C=O) groups excluding carboxylic acids is 1. The van der Waals surface area contributed by atoms with Gasteiger partial charge in [0.05, 0.1) is 11.6 Å². The van der Waals surface area contributed by atoms with E-state index in [1.54, 1.807) is 12.6 Å². The Morgan fingerprint density at radius 1 is 1.58 bits per heavy atom. The lowest BCUT2D eigenvalue weighted by atomic mass is 9.58. The Kier molecular flexibility index (Phi) is 4.26. The van der Waals surface area contributed by atoms with Crippen molar-refractivity contribution in [3.05, 3.63) is 16.6 Å². The van der Waals surface area contributed by atoms with Gasteiger partial charge in [0, 0.05) is 31.0 Å². The Balaban J connectivity index is 2.16. The molecule has 2 atom stereocenters. The van der Waals surface area contributed by atoms with Gasteiger partial charge in [-0.25, -0.2) is 4.98 Å². The van der Waals surface area contributed by atoms with Gasteiger partial charge in [0.2, 0.25) is 0 Å². The first-order valence-electron chi connectivity index (χ1n) is 6.78. The third kappa shape index (κ3) is 2.19. The third-order valence-electron chi connectivity index (χ3n) is 4.78. The van der Waals surface area contributed by atoms with E-state index in [2.05, 4.69) is 18.8 Å². The van der Waals surface area contributed by atoms with E-state index in [1.165, 1.54) is 11.3 Å². The zero-order valence-corrected chi connectivity index (χ0v) is 12.9. The predicted molar refractivity (Wildman–Crippen MR) is 76.4 cm³/mol. The van der Waals surface area contributed by atoms with Crippen molar-refractivity contribution in [1.82, 2.24) is 9.88 Å². The van der Waals surface area contributed by atoms with Crippen molar-refractivity contribution in [3.63, 3.8) is 0 Å². The molecule has 0 unspecified atom stereocenters. The van der Waals surface area contributed by atoms with Crippen molar-refractivity contribution < 1.29 is 9.53 Å². The molecule has 1 heterocycles. The van der Waals surface area contributed by atoms with Crippen molar-refractivity contribution in [3.8, 4) is 0 Å². The minimum atomic E-state index is 0.0204. The fourth-order valence-corrected chi connectivity index (χ4v) is 3.94. The van der Waals surface area contributed by atoms with Gasteiger partial charge in [0.15, 0.2) is 0 Å². The Hall–Kier alpha value is -0.940. The van der Waals surface area contributed by atoms with E-state index in [0.29, 0.717) is 5.69 Å². The highest BCUT2D eigenvalue weighted by atomic mass is 32.1. The molecule has 1 aliphatic carbocycles. The van der Waals surface area contributed by atoms with Crippen LogP contribution in [-0.4, -0.2) is 42.1 Å². The summed E-state index contributed by atoms with van der Waals surface area (Å²) in [5.41, 5.74) is 2.34. The molecule has 1 fully saturated rings. The standard InChI is InChI=1S/C14H22N2O2S/c1-5-14(6-2)11(7-12(14)18-4)16(3)13(17)10-8-19-9-15-10/h8-9,11-12H,5-7H2,1-4H3/t11-,12-/m0/s1. The SMILES string of the molecule is CCC1(CC)[C@@H](OC)C[C@@H]1N(C)C(=O)c1cscn1. The van der Waals surface area contributed by atoms with E-state index in [1.807, 2.05) is 17.3 Å². The van der Waals surface area contributed by atoms with Crippen LogP contribution >= 0.6 is 11.3 Å². The molecule has 19 heavy (non-hydrogen) atoms. The van der Waals surface area contributed by atoms with Crippen LogP contribution in [0.3, 0.4) is 0 Å². The molecular formula is C14H22N2O2S. The van der Waals surface area contributed by atoms with Gasteiger partial charge in [0.1, 0.15) is 5.69 Å². The molecule has 0 spiro atoms. The number of aromatic nitrogens is 1. The number of hydrogen-bond acceptors (Lipinski definition) is 4. The Morgan fingerprint density at radius 3 is 2.74 bits per heavy atom. The molecule has 0 N–H and O–H groups in total. The highest BCUT2D eigenvalue weighted by Crippen LogP contribution is 2.51. The van der Waals surface area contributed by atoms with Gasteiger partial charge in [-0.1, -0.05) is 13.8 Å². The molecular weight excluding hydrogens is 260 g/mol. The monoisotopic (exact) mass is 282 g/mol. The summed E-state index contributed by atoms with van der Waals surface area (Å²) in [5, 5.41) is 1.81. The second kappa shape index (κ2) is 5.59. The van der Waals surface area contributed by atoms with Crippen molar-refractivity contribution in [1.29, 1.82) is 0 Å². The quantitative estimate of drug-likeness (QED) is 0.834. The average molecular weight is 282 g/mol. The van der Waals surface area contributed by atoms with Crippen LogP contribution in [0.25, 0.3) is 0 Å². The molecule has 2 rings (SSSR count). The summed E-state index contributed by atoms with van der Waals surface area (Å²) >= 11 is 1.46. The van der Waals surface area contributed by atoms with Crippen LogP contribution in [-0.2, 0) is 4.74 Å². The highest BCUT2D eigenvalue weighted by Gasteiger charge is 2.55. The number of ether oxygens (including phenoxy) is 1. The Morgan fingerprint density at radius 2 is 2.26 bits per heavy atom. The molecule has 0 aliphatic heterocycles. The summed E-state index contributed by atoms with van der Waals surface area (Å²) in [7, 11) is 3.65. The lowest BCUT2D eigenvalue weighted by Gasteiger charge is -2.57. The number of nitrogens with zero attached hydrogens (tertiary/aromatic N) is 2. The summed E-state index contributed by atoms with van der Waals surface area (Å²) in [5.74, 6) is 0.0204. The maximum absolute atomic E-state index is 12.4. The number of amides is 1. The van der Waals surface area contributed by atoms with E-state index in [0.717, 1.165) is 19.3 Å². The van der Waals surface area contributed by atoms with Gasteiger partial charge in [-0.15, -0.1) is 11.3 Å². The smallest absolute Gasteiger partial charge is 0.273 e. The van der Waals surface area contributed by atoms with Crippen LogP contribution in [0, 0.1) is 5.41 Å². The van der Waals surface area contributed by atoms with E-state index >= 15 is 0 Å². The van der Waals surface area contributed by atoms with Crippen LogP contribution in [0.1, 0.15) is 43.6 Å². The summed E-state index contributed by atoms with van der Waals surface area (Å²) in [4.78, 5) is 18.4. The fourth-order valence-electron chi connectivity index (χ4n) is 3.42. The lowest BCUT2D eigenvalue weighted by molar-refractivity contribution is -0.147. The molecule has 5 heteroatoms. The summed E-state index contributed by atoms with van der Waals surface area (Å²) in [6.45, 7) is 4.37. The molecule has 1 amide bonds. The molecule has 0 bridgehead atoms. The first-order chi connectivity index (χ1) is 9.10. The van der Waals surface area contributed by atoms with Gasteiger partial charge in [-0.3, -0.25) is 4.79 Å². The normalized spacial score (nSPS) is 24.8. The first-order valence-corrected chi connectivity index (χ1v) is 7.73. The first kappa shape index (κ1) is 14.5. The number of carbonyl (C=O) groups is 1. The van der Waals surface area contributed by atoms with Crippen molar-refractivity contribution in [2.45, 2.75) is 45.3 Å². The predicted octanol–water partition coefficient (Wildman–Crippen LogP) is 2.81. The van der Waals surface area contributed by atoms with E-state index in [9.17, 15) is 4.79 Å². The van der Waals surface area contributed by atoms with Gasteiger partial charge in [0.25, 0.3) is 5.91 Å². The zero-order chi connectivity index (χ0) is 14.0. The lowest BCUT2D eigenvalue weighted by Crippen LogP contribution is -2.64. The van der Waals surface area contributed by atoms with Crippen LogP contribution < -0.4 is 0 Å². The molecule has 0 aromatic carbocycles. The number of methoxy groups -OCH3 is 1. The minimum absolute atomic E-state index is 0.0204. The van der Waals surface area contributed by atoms with Crippen LogP contribution in [0.4, 0.5) is 0 Å². The van der Waals surface area contributed by atoms with E-state index in [-0.39, 0.29) is 23.5 Å². The van der Waals surface area contributed by atoms with Gasteiger partial charge in [-0.05, 0) is 19.3 Å². The molecule has 1 aromatic rings. The number of rotatable bonds is 5. The second-order valence-electron chi connectivity index (χ2n) is 5.21. The Bertz CT molecular complexity index is 429. The average Bonchev–Trinajstić information content (AvgIpc) is 2.92. The van der Waals surface area contributed by atoms with Crippen LogP contribution in [0.5, 0.6) is 0 Å².